The van der Waals surface area contributed by atoms with E-state index in [0.29, 0.717) is 10.2 Å². The van der Waals surface area contributed by atoms with Crippen molar-refractivity contribution < 1.29 is 15.3 Å². The normalized spacial score (nSPS) is 11.7. The quantitative estimate of drug-likeness (QED) is 0.318. The number of hydrogen-bond donors (Lipinski definition) is 3. The first-order chi connectivity index (χ1) is 11.2. The smallest absolute Gasteiger partial charge is 0.178 e. The van der Waals surface area contributed by atoms with Gasteiger partial charge in [0.25, 0.3) is 0 Å². The molecular weight excluding hydrogens is 310 g/mol. The van der Waals surface area contributed by atoms with Crippen LogP contribution in [0.15, 0.2) is 11.6 Å². The van der Waals surface area contributed by atoms with Gasteiger partial charge in [0.15, 0.2) is 17.2 Å². The molecule has 2 aromatic rings. The van der Waals surface area contributed by atoms with E-state index >= 15 is 0 Å². The minimum atomic E-state index is -0.282. The summed E-state index contributed by atoms with van der Waals surface area (Å²) in [5.74, 6) is -0.571. The van der Waals surface area contributed by atoms with Crippen LogP contribution in [0.4, 0.5) is 0 Å². The summed E-state index contributed by atoms with van der Waals surface area (Å²) in [5.41, 5.74) is 2.11. The average molecular weight is 335 g/mol. The highest BCUT2D eigenvalue weighted by molar-refractivity contribution is 7.17. The summed E-state index contributed by atoms with van der Waals surface area (Å²) in [6.45, 7) is 2.22. The zero-order chi connectivity index (χ0) is 16.7. The Balaban J connectivity index is 1.89. The third kappa shape index (κ3) is 4.38. The van der Waals surface area contributed by atoms with E-state index in [1.165, 1.54) is 55.4 Å². The van der Waals surface area contributed by atoms with Crippen LogP contribution in [0.1, 0.15) is 63.9 Å². The largest absolute Gasteiger partial charge is 0.505 e. The van der Waals surface area contributed by atoms with Crippen molar-refractivity contribution in [3.05, 3.63) is 17.2 Å². The van der Waals surface area contributed by atoms with E-state index in [9.17, 15) is 15.3 Å². The minimum Gasteiger partial charge on any atom is -0.505 e. The van der Waals surface area contributed by atoms with Gasteiger partial charge in [-0.1, -0.05) is 57.6 Å². The lowest BCUT2D eigenvalue weighted by Crippen LogP contribution is -1.82. The van der Waals surface area contributed by atoms with E-state index in [-0.39, 0.29) is 22.8 Å². The first kappa shape index (κ1) is 17.6. The standard InChI is InChI=1S/C18H25NO3S/c1-2-3-4-5-6-7-8-9-10-11-13-15(20)14-18(23-12-19-14)17(22)16(13)21/h10-12,20-22H,2-9H2,1H3. The molecule has 3 N–H and O–H groups in total. The molecule has 0 bridgehead atoms. The molecule has 1 heterocycles. The van der Waals surface area contributed by atoms with E-state index in [1.807, 2.05) is 6.08 Å². The van der Waals surface area contributed by atoms with Gasteiger partial charge < -0.3 is 15.3 Å². The predicted octanol–water partition coefficient (Wildman–Crippen LogP) is 5.57. The van der Waals surface area contributed by atoms with Gasteiger partial charge in [0.2, 0.25) is 0 Å². The highest BCUT2D eigenvalue weighted by Crippen LogP contribution is 2.45. The number of thiazole rings is 1. The lowest BCUT2D eigenvalue weighted by molar-refractivity contribution is 0.401. The SMILES string of the molecule is CCCCCCCCCC=Cc1c(O)c(O)c2scnc2c1O. The van der Waals surface area contributed by atoms with Gasteiger partial charge in [0, 0.05) is 0 Å². The van der Waals surface area contributed by atoms with Crippen LogP contribution in [-0.2, 0) is 0 Å². The van der Waals surface area contributed by atoms with E-state index < -0.39 is 0 Å². The molecule has 5 heteroatoms. The van der Waals surface area contributed by atoms with Gasteiger partial charge in [0.1, 0.15) is 10.2 Å². The molecule has 126 valence electrons. The Morgan fingerprint density at radius 1 is 0.957 bits per heavy atom. The molecule has 0 aliphatic carbocycles. The maximum absolute atomic E-state index is 10.2. The molecule has 23 heavy (non-hydrogen) atoms. The van der Waals surface area contributed by atoms with Crippen LogP contribution in [0.3, 0.4) is 0 Å². The Hall–Kier alpha value is -1.75. The lowest BCUT2D eigenvalue weighted by Gasteiger charge is -2.06. The number of unbranched alkanes of at least 4 members (excludes halogenated alkanes) is 7. The van der Waals surface area contributed by atoms with Crippen molar-refractivity contribution in [2.45, 2.75) is 58.3 Å². The molecule has 0 fully saturated rings. The van der Waals surface area contributed by atoms with E-state index in [4.69, 9.17) is 0 Å². The number of phenols is 3. The second-order valence-corrected chi connectivity index (χ2v) is 6.66. The zero-order valence-corrected chi connectivity index (χ0v) is 14.4. The van der Waals surface area contributed by atoms with Gasteiger partial charge in [-0.25, -0.2) is 4.98 Å². The fourth-order valence-electron chi connectivity index (χ4n) is 2.64. The number of hydrogen-bond acceptors (Lipinski definition) is 5. The van der Waals surface area contributed by atoms with Gasteiger partial charge >= 0.3 is 0 Å². The summed E-state index contributed by atoms with van der Waals surface area (Å²) in [4.78, 5) is 4.04. The molecule has 2 rings (SSSR count). The highest BCUT2D eigenvalue weighted by Gasteiger charge is 2.18. The Labute approximate surface area is 141 Å². The van der Waals surface area contributed by atoms with Crippen molar-refractivity contribution in [1.29, 1.82) is 0 Å². The maximum Gasteiger partial charge on any atom is 0.178 e. The molecule has 1 aromatic heterocycles. The monoisotopic (exact) mass is 335 g/mol. The maximum atomic E-state index is 10.2. The Morgan fingerprint density at radius 3 is 2.39 bits per heavy atom. The van der Waals surface area contributed by atoms with E-state index in [2.05, 4.69) is 11.9 Å². The minimum absolute atomic E-state index is 0.0765. The third-order valence-electron chi connectivity index (χ3n) is 4.00. The predicted molar refractivity (Wildman–Crippen MR) is 96.3 cm³/mol. The van der Waals surface area contributed by atoms with Crippen LogP contribution in [0.25, 0.3) is 16.3 Å². The zero-order valence-electron chi connectivity index (χ0n) is 13.6. The Bertz CT molecular complexity index is 664. The van der Waals surface area contributed by atoms with Gasteiger partial charge in [-0.15, -0.1) is 11.3 Å². The summed E-state index contributed by atoms with van der Waals surface area (Å²) >= 11 is 1.19. The Kier molecular flexibility index (Phi) is 6.71. The third-order valence-corrected chi connectivity index (χ3v) is 4.83. The molecule has 0 aliphatic heterocycles. The lowest BCUT2D eigenvalue weighted by atomic mass is 10.1. The molecule has 0 aliphatic rings. The Morgan fingerprint density at radius 2 is 1.65 bits per heavy atom. The number of fused-ring (bicyclic) bond motifs is 1. The summed E-state index contributed by atoms with van der Waals surface area (Å²) in [5, 5.41) is 30.2. The van der Waals surface area contributed by atoms with Crippen LogP contribution in [0.2, 0.25) is 0 Å². The number of nitrogens with zero attached hydrogens (tertiary/aromatic N) is 1. The van der Waals surface area contributed by atoms with Crippen molar-refractivity contribution in [1.82, 2.24) is 4.98 Å². The molecule has 4 nitrogen and oxygen atoms in total. The number of aromatic hydroxyl groups is 3. The number of allylic oxidation sites excluding steroid dienone is 1. The summed E-state index contributed by atoms with van der Waals surface area (Å²) in [6.07, 6.45) is 13.2. The molecule has 0 spiro atoms. The first-order valence-electron chi connectivity index (χ1n) is 8.33. The molecular formula is C18H25NO3S. The van der Waals surface area contributed by atoms with Crippen LogP contribution in [-0.4, -0.2) is 20.3 Å². The van der Waals surface area contributed by atoms with Crippen LogP contribution in [0, 0.1) is 0 Å². The molecule has 0 atom stereocenters. The van der Waals surface area contributed by atoms with Crippen LogP contribution in [0.5, 0.6) is 17.2 Å². The molecule has 0 unspecified atom stereocenters. The topological polar surface area (TPSA) is 73.6 Å². The van der Waals surface area contributed by atoms with Crippen molar-refractivity contribution in [3.63, 3.8) is 0 Å². The number of benzene rings is 1. The van der Waals surface area contributed by atoms with E-state index in [1.54, 1.807) is 6.08 Å². The summed E-state index contributed by atoms with van der Waals surface area (Å²) < 4.78 is 0.407. The average Bonchev–Trinajstić information content (AvgIpc) is 3.04. The molecule has 1 aromatic carbocycles. The van der Waals surface area contributed by atoms with Crippen molar-refractivity contribution in [3.8, 4) is 17.2 Å². The molecule has 0 saturated heterocycles. The van der Waals surface area contributed by atoms with E-state index in [0.717, 1.165) is 12.8 Å². The molecule has 0 radical (unpaired) electrons. The highest BCUT2D eigenvalue weighted by atomic mass is 32.1. The van der Waals surface area contributed by atoms with Crippen molar-refractivity contribution in [2.24, 2.45) is 0 Å². The second-order valence-electron chi connectivity index (χ2n) is 5.80. The van der Waals surface area contributed by atoms with Crippen LogP contribution < -0.4 is 0 Å². The van der Waals surface area contributed by atoms with Gasteiger partial charge in [0.05, 0.1) is 11.1 Å². The molecule has 0 saturated carbocycles. The van der Waals surface area contributed by atoms with Gasteiger partial charge in [-0.2, -0.15) is 0 Å². The van der Waals surface area contributed by atoms with Crippen LogP contribution >= 0.6 is 11.3 Å². The van der Waals surface area contributed by atoms with Crippen molar-refractivity contribution in [2.75, 3.05) is 0 Å². The first-order valence-corrected chi connectivity index (χ1v) is 9.21. The fourth-order valence-corrected chi connectivity index (χ4v) is 3.37. The van der Waals surface area contributed by atoms with Gasteiger partial charge in [-0.3, -0.25) is 0 Å². The summed E-state index contributed by atoms with van der Waals surface area (Å²) in [6, 6.07) is 0. The molecule has 0 amide bonds. The number of aromatic nitrogens is 1. The van der Waals surface area contributed by atoms with Gasteiger partial charge in [-0.05, 0) is 12.8 Å². The number of rotatable bonds is 9. The second kappa shape index (κ2) is 8.77. The summed E-state index contributed by atoms with van der Waals surface area (Å²) in [7, 11) is 0. The van der Waals surface area contributed by atoms with Crippen molar-refractivity contribution >= 4 is 27.6 Å². The fraction of sp³-hybridized carbons (Fsp3) is 0.500. The number of phenolic OH excluding ortho intramolecular Hbond substituents is 3.